The predicted octanol–water partition coefficient (Wildman–Crippen LogP) is -0.343. The van der Waals surface area contributed by atoms with E-state index in [1.165, 1.54) is 6.92 Å². The number of sulfone groups is 1. The summed E-state index contributed by atoms with van der Waals surface area (Å²) in [5.74, 6) is -0.503. The third-order valence-electron chi connectivity index (χ3n) is 2.60. The van der Waals surface area contributed by atoms with Crippen LogP contribution in [0.2, 0.25) is 0 Å². The van der Waals surface area contributed by atoms with Crippen LogP contribution in [0.5, 0.6) is 0 Å². The summed E-state index contributed by atoms with van der Waals surface area (Å²) in [6.07, 6.45) is 0.260. The molecular formula is C9H15NO4S. The fourth-order valence-corrected chi connectivity index (χ4v) is 3.29. The Labute approximate surface area is 89.2 Å². The van der Waals surface area contributed by atoms with Gasteiger partial charge in [0.15, 0.2) is 9.84 Å². The standard InChI is InChI=1S/C9H15NO4S/c1-6(11)5-9(12)10-8-3-4-15(13,14)7(8)2/h7-8H,3-5H2,1-2H3,(H,10,12). The molecule has 1 saturated heterocycles. The van der Waals surface area contributed by atoms with Crippen LogP contribution in [0.25, 0.3) is 0 Å². The second-order valence-corrected chi connectivity index (χ2v) is 6.39. The molecule has 2 unspecified atom stereocenters. The molecule has 0 radical (unpaired) electrons. The van der Waals surface area contributed by atoms with Crippen molar-refractivity contribution >= 4 is 21.5 Å². The number of amides is 1. The molecule has 86 valence electrons. The van der Waals surface area contributed by atoms with Crippen molar-refractivity contribution in [1.29, 1.82) is 0 Å². The van der Waals surface area contributed by atoms with E-state index < -0.39 is 21.0 Å². The molecule has 0 bridgehead atoms. The van der Waals surface area contributed by atoms with Crippen LogP contribution in [0.4, 0.5) is 0 Å². The number of hydrogen-bond acceptors (Lipinski definition) is 4. The van der Waals surface area contributed by atoms with E-state index in [1.54, 1.807) is 6.92 Å². The molecule has 2 atom stereocenters. The largest absolute Gasteiger partial charge is 0.352 e. The van der Waals surface area contributed by atoms with Gasteiger partial charge in [0, 0.05) is 6.04 Å². The van der Waals surface area contributed by atoms with Crippen LogP contribution in [0, 0.1) is 0 Å². The molecular weight excluding hydrogens is 218 g/mol. The Balaban J connectivity index is 2.55. The van der Waals surface area contributed by atoms with Crippen molar-refractivity contribution in [3.63, 3.8) is 0 Å². The highest BCUT2D eigenvalue weighted by molar-refractivity contribution is 7.92. The minimum Gasteiger partial charge on any atom is -0.352 e. The van der Waals surface area contributed by atoms with Crippen molar-refractivity contribution in [2.24, 2.45) is 0 Å². The van der Waals surface area contributed by atoms with Gasteiger partial charge < -0.3 is 5.32 Å². The SMILES string of the molecule is CC(=O)CC(=O)NC1CCS(=O)(=O)C1C. The summed E-state index contributed by atoms with van der Waals surface area (Å²) in [4.78, 5) is 21.9. The summed E-state index contributed by atoms with van der Waals surface area (Å²) in [5, 5.41) is 2.03. The lowest BCUT2D eigenvalue weighted by Crippen LogP contribution is -2.40. The molecule has 1 heterocycles. The zero-order valence-corrected chi connectivity index (χ0v) is 9.63. The lowest BCUT2D eigenvalue weighted by atomic mass is 10.1. The molecule has 0 spiro atoms. The lowest BCUT2D eigenvalue weighted by molar-refractivity contribution is -0.127. The maximum atomic E-state index is 11.4. The molecule has 0 saturated carbocycles. The van der Waals surface area contributed by atoms with Crippen LogP contribution in [0.15, 0.2) is 0 Å². The molecule has 1 amide bonds. The Morgan fingerprint density at radius 2 is 2.00 bits per heavy atom. The van der Waals surface area contributed by atoms with E-state index in [0.29, 0.717) is 6.42 Å². The van der Waals surface area contributed by atoms with Gasteiger partial charge in [-0.25, -0.2) is 8.42 Å². The van der Waals surface area contributed by atoms with E-state index in [9.17, 15) is 18.0 Å². The fraction of sp³-hybridized carbons (Fsp3) is 0.778. The van der Waals surface area contributed by atoms with Gasteiger partial charge in [0.25, 0.3) is 0 Å². The number of ketones is 1. The third-order valence-corrected chi connectivity index (χ3v) is 4.87. The van der Waals surface area contributed by atoms with E-state index >= 15 is 0 Å². The maximum absolute atomic E-state index is 11.4. The van der Waals surface area contributed by atoms with Gasteiger partial charge >= 0.3 is 0 Å². The first-order chi connectivity index (χ1) is 6.83. The Kier molecular flexibility index (Phi) is 3.49. The molecule has 6 heteroatoms. The molecule has 0 aliphatic carbocycles. The van der Waals surface area contributed by atoms with Gasteiger partial charge in [-0.05, 0) is 20.3 Å². The maximum Gasteiger partial charge on any atom is 0.227 e. The zero-order valence-electron chi connectivity index (χ0n) is 8.82. The van der Waals surface area contributed by atoms with E-state index in [4.69, 9.17) is 0 Å². The third kappa shape index (κ3) is 3.02. The van der Waals surface area contributed by atoms with E-state index in [1.807, 2.05) is 0 Å². The van der Waals surface area contributed by atoms with Gasteiger partial charge in [0.1, 0.15) is 5.78 Å². The van der Waals surface area contributed by atoms with Crippen molar-refractivity contribution < 1.29 is 18.0 Å². The van der Waals surface area contributed by atoms with Crippen molar-refractivity contribution in [3.05, 3.63) is 0 Å². The number of rotatable bonds is 3. The first-order valence-electron chi connectivity index (χ1n) is 4.83. The lowest BCUT2D eigenvalue weighted by Gasteiger charge is -2.15. The molecule has 1 aliphatic heterocycles. The Morgan fingerprint density at radius 1 is 1.40 bits per heavy atom. The highest BCUT2D eigenvalue weighted by Gasteiger charge is 2.37. The Morgan fingerprint density at radius 3 is 2.40 bits per heavy atom. The molecule has 15 heavy (non-hydrogen) atoms. The number of hydrogen-bond donors (Lipinski definition) is 1. The van der Waals surface area contributed by atoms with Gasteiger partial charge in [-0.1, -0.05) is 0 Å². The number of nitrogens with one attached hydrogen (secondary N) is 1. The molecule has 0 aromatic rings. The molecule has 1 aliphatic rings. The van der Waals surface area contributed by atoms with Crippen LogP contribution in [0.1, 0.15) is 26.7 Å². The first-order valence-corrected chi connectivity index (χ1v) is 6.55. The summed E-state index contributed by atoms with van der Waals surface area (Å²) < 4.78 is 22.7. The smallest absolute Gasteiger partial charge is 0.227 e. The summed E-state index contributed by atoms with van der Waals surface area (Å²) in [7, 11) is -3.05. The molecule has 1 fully saturated rings. The number of carbonyl (C=O) groups is 2. The van der Waals surface area contributed by atoms with Gasteiger partial charge in [-0.15, -0.1) is 0 Å². The van der Waals surface area contributed by atoms with Crippen molar-refractivity contribution in [3.8, 4) is 0 Å². The van der Waals surface area contributed by atoms with E-state index in [2.05, 4.69) is 5.32 Å². The quantitative estimate of drug-likeness (QED) is 0.676. The number of Topliss-reactive ketones (excluding diaryl/α,β-unsaturated/α-hetero) is 1. The minimum absolute atomic E-state index is 0.110. The molecule has 0 aromatic heterocycles. The Hall–Kier alpha value is -0.910. The van der Waals surface area contributed by atoms with Crippen LogP contribution < -0.4 is 5.32 Å². The van der Waals surface area contributed by atoms with Gasteiger partial charge in [0.2, 0.25) is 5.91 Å². The average molecular weight is 233 g/mol. The first kappa shape index (κ1) is 12.2. The molecule has 5 nitrogen and oxygen atoms in total. The second kappa shape index (κ2) is 4.30. The van der Waals surface area contributed by atoms with Crippen molar-refractivity contribution in [2.45, 2.75) is 38.0 Å². The van der Waals surface area contributed by atoms with Gasteiger partial charge in [-0.2, -0.15) is 0 Å². The van der Waals surface area contributed by atoms with Gasteiger partial charge in [0.05, 0.1) is 17.4 Å². The Bertz CT molecular complexity index is 374. The molecule has 1 N–H and O–H groups in total. The molecule has 1 rings (SSSR count). The van der Waals surface area contributed by atoms with Crippen molar-refractivity contribution in [1.82, 2.24) is 5.32 Å². The summed E-state index contributed by atoms with van der Waals surface area (Å²) in [6.45, 7) is 2.91. The van der Waals surface area contributed by atoms with Crippen LogP contribution in [-0.2, 0) is 19.4 Å². The highest BCUT2D eigenvalue weighted by atomic mass is 32.2. The van der Waals surface area contributed by atoms with E-state index in [-0.39, 0.29) is 24.0 Å². The summed E-state index contributed by atoms with van der Waals surface area (Å²) in [6, 6.07) is -0.346. The van der Waals surface area contributed by atoms with Crippen LogP contribution >= 0.6 is 0 Å². The number of carbonyl (C=O) groups excluding carboxylic acids is 2. The summed E-state index contributed by atoms with van der Waals surface area (Å²) in [5.41, 5.74) is 0. The van der Waals surface area contributed by atoms with E-state index in [0.717, 1.165) is 0 Å². The van der Waals surface area contributed by atoms with Crippen LogP contribution in [0.3, 0.4) is 0 Å². The zero-order chi connectivity index (χ0) is 11.6. The average Bonchev–Trinajstić information content (AvgIpc) is 2.30. The fourth-order valence-electron chi connectivity index (χ4n) is 1.64. The highest BCUT2D eigenvalue weighted by Crippen LogP contribution is 2.20. The van der Waals surface area contributed by atoms with Crippen molar-refractivity contribution in [2.75, 3.05) is 5.75 Å². The normalized spacial score (nSPS) is 28.7. The summed E-state index contributed by atoms with van der Waals surface area (Å²) >= 11 is 0. The predicted molar refractivity (Wildman–Crippen MR) is 55.1 cm³/mol. The van der Waals surface area contributed by atoms with Gasteiger partial charge in [-0.3, -0.25) is 9.59 Å². The monoisotopic (exact) mass is 233 g/mol. The topological polar surface area (TPSA) is 80.3 Å². The molecule has 0 aromatic carbocycles. The van der Waals surface area contributed by atoms with Crippen LogP contribution in [-0.4, -0.2) is 37.2 Å². The second-order valence-electron chi connectivity index (χ2n) is 3.91. The minimum atomic E-state index is -3.05.